The van der Waals surface area contributed by atoms with E-state index >= 15 is 0 Å². The zero-order valence-corrected chi connectivity index (χ0v) is 11.4. The maximum atomic E-state index is 12.4. The van der Waals surface area contributed by atoms with Gasteiger partial charge in [0, 0.05) is 23.1 Å². The quantitative estimate of drug-likeness (QED) is 0.721. The Balaban J connectivity index is 2.06. The average molecular weight is 286 g/mol. The van der Waals surface area contributed by atoms with Crippen LogP contribution in [0.15, 0.2) is 10.1 Å². The van der Waals surface area contributed by atoms with Gasteiger partial charge in [0.05, 0.1) is 0 Å². The molecule has 1 heterocycles. The van der Waals surface area contributed by atoms with E-state index in [2.05, 4.69) is 15.9 Å². The zero-order chi connectivity index (χ0) is 11.4. The number of likely N-dealkylation sites (tertiary alicyclic amines) is 1. The lowest BCUT2D eigenvalue weighted by atomic mass is 10.1. The van der Waals surface area contributed by atoms with Crippen molar-refractivity contribution in [3.05, 3.63) is 10.1 Å². The van der Waals surface area contributed by atoms with Crippen LogP contribution in [-0.2, 0) is 4.79 Å². The minimum atomic E-state index is 0.300. The molecule has 0 N–H and O–H groups in total. The van der Waals surface area contributed by atoms with Gasteiger partial charge in [0.1, 0.15) is 0 Å². The molecule has 90 valence electrons. The Kier molecular flexibility index (Phi) is 4.45. The van der Waals surface area contributed by atoms with Gasteiger partial charge in [-0.2, -0.15) is 0 Å². The number of carbonyl (C=O) groups is 1. The molecule has 1 amide bonds. The molecule has 3 heteroatoms. The molecule has 0 atom stereocenters. The molecule has 2 aliphatic rings. The Morgan fingerprint density at radius 1 is 0.938 bits per heavy atom. The molecular formula is C13H20BrNO. The Hall–Kier alpha value is -0.310. The van der Waals surface area contributed by atoms with E-state index in [0.717, 1.165) is 31.5 Å². The van der Waals surface area contributed by atoms with Crippen LogP contribution in [0.1, 0.15) is 51.4 Å². The van der Waals surface area contributed by atoms with Gasteiger partial charge in [-0.1, -0.05) is 22.4 Å². The smallest absolute Gasteiger partial charge is 0.250 e. The molecule has 0 saturated carbocycles. The van der Waals surface area contributed by atoms with Crippen LogP contribution in [0.25, 0.3) is 0 Å². The lowest BCUT2D eigenvalue weighted by molar-refractivity contribution is -0.128. The van der Waals surface area contributed by atoms with Gasteiger partial charge >= 0.3 is 0 Å². The minimum absolute atomic E-state index is 0.300. The number of nitrogens with zero attached hydrogens (tertiary/aromatic N) is 1. The predicted molar refractivity (Wildman–Crippen MR) is 69.5 cm³/mol. The lowest BCUT2D eigenvalue weighted by Crippen LogP contribution is -2.36. The minimum Gasteiger partial charge on any atom is -0.339 e. The topological polar surface area (TPSA) is 20.3 Å². The number of rotatable bonds is 1. The van der Waals surface area contributed by atoms with Crippen molar-refractivity contribution in [1.82, 2.24) is 4.90 Å². The summed E-state index contributed by atoms with van der Waals surface area (Å²) in [7, 11) is 0. The van der Waals surface area contributed by atoms with Crippen molar-refractivity contribution < 1.29 is 4.79 Å². The molecule has 1 aliphatic heterocycles. The molecule has 0 aromatic heterocycles. The van der Waals surface area contributed by atoms with E-state index in [1.807, 2.05) is 4.90 Å². The molecule has 1 saturated heterocycles. The second kappa shape index (κ2) is 5.85. The molecule has 16 heavy (non-hydrogen) atoms. The fourth-order valence-corrected chi connectivity index (χ4v) is 3.20. The summed E-state index contributed by atoms with van der Waals surface area (Å²) in [5.74, 6) is 0.300. The SMILES string of the molecule is O=C(C1=C(Br)CCCCC1)N1CCCCC1. The Bertz CT molecular complexity index is 292. The standard InChI is InChI=1S/C13H20BrNO/c14-12-8-4-1-3-7-11(12)13(16)15-9-5-2-6-10-15/h1-10H2. The highest BCUT2D eigenvalue weighted by atomic mass is 79.9. The van der Waals surface area contributed by atoms with Gasteiger partial charge in [0.25, 0.3) is 5.91 Å². The summed E-state index contributed by atoms with van der Waals surface area (Å²) in [5, 5.41) is 0. The normalized spacial score (nSPS) is 23.2. The third-order valence-corrected chi connectivity index (χ3v) is 4.43. The Morgan fingerprint density at radius 2 is 1.56 bits per heavy atom. The van der Waals surface area contributed by atoms with Crippen LogP contribution in [0, 0.1) is 0 Å². The highest BCUT2D eigenvalue weighted by Gasteiger charge is 2.23. The number of halogens is 1. The number of piperidine rings is 1. The van der Waals surface area contributed by atoms with Gasteiger partial charge in [-0.15, -0.1) is 0 Å². The first-order chi connectivity index (χ1) is 7.79. The molecule has 0 bridgehead atoms. The number of allylic oxidation sites excluding steroid dienone is 1. The van der Waals surface area contributed by atoms with Crippen LogP contribution in [0.2, 0.25) is 0 Å². The molecule has 0 radical (unpaired) electrons. The number of hydrogen-bond acceptors (Lipinski definition) is 1. The van der Waals surface area contributed by atoms with Crippen molar-refractivity contribution in [2.75, 3.05) is 13.1 Å². The van der Waals surface area contributed by atoms with E-state index in [-0.39, 0.29) is 0 Å². The van der Waals surface area contributed by atoms with Crippen LogP contribution in [0.3, 0.4) is 0 Å². The highest BCUT2D eigenvalue weighted by Crippen LogP contribution is 2.29. The summed E-state index contributed by atoms with van der Waals surface area (Å²) >= 11 is 3.60. The molecule has 0 aromatic carbocycles. The van der Waals surface area contributed by atoms with Crippen molar-refractivity contribution in [3.8, 4) is 0 Å². The summed E-state index contributed by atoms with van der Waals surface area (Å²) in [5.41, 5.74) is 1.06. The van der Waals surface area contributed by atoms with Gasteiger partial charge in [-0.25, -0.2) is 0 Å². The van der Waals surface area contributed by atoms with Crippen molar-refractivity contribution >= 4 is 21.8 Å². The third-order valence-electron chi connectivity index (χ3n) is 3.55. The monoisotopic (exact) mass is 285 g/mol. The van der Waals surface area contributed by atoms with Crippen molar-refractivity contribution in [2.45, 2.75) is 51.4 Å². The maximum Gasteiger partial charge on any atom is 0.250 e. The summed E-state index contributed by atoms with van der Waals surface area (Å²) < 4.78 is 1.17. The van der Waals surface area contributed by atoms with E-state index in [1.165, 1.54) is 43.0 Å². The first-order valence-corrected chi connectivity index (χ1v) is 7.25. The lowest BCUT2D eigenvalue weighted by Gasteiger charge is -2.28. The van der Waals surface area contributed by atoms with E-state index in [9.17, 15) is 4.79 Å². The van der Waals surface area contributed by atoms with Crippen LogP contribution >= 0.6 is 15.9 Å². The van der Waals surface area contributed by atoms with E-state index in [1.54, 1.807) is 0 Å². The second-order valence-electron chi connectivity index (χ2n) is 4.80. The molecule has 0 unspecified atom stereocenters. The van der Waals surface area contributed by atoms with Gasteiger partial charge in [-0.3, -0.25) is 4.79 Å². The van der Waals surface area contributed by atoms with Gasteiger partial charge < -0.3 is 4.90 Å². The van der Waals surface area contributed by atoms with Gasteiger partial charge in [-0.05, 0) is 44.9 Å². The predicted octanol–water partition coefficient (Wildman–Crippen LogP) is 3.61. The molecule has 0 aromatic rings. The Morgan fingerprint density at radius 3 is 2.31 bits per heavy atom. The van der Waals surface area contributed by atoms with E-state index in [0.29, 0.717) is 5.91 Å². The first kappa shape index (κ1) is 12.2. The summed E-state index contributed by atoms with van der Waals surface area (Å²) in [6.07, 6.45) is 9.30. The fourth-order valence-electron chi connectivity index (χ4n) is 2.56. The molecule has 2 rings (SSSR count). The number of amides is 1. The second-order valence-corrected chi connectivity index (χ2v) is 5.75. The molecule has 1 aliphatic carbocycles. The van der Waals surface area contributed by atoms with Crippen LogP contribution in [-0.4, -0.2) is 23.9 Å². The van der Waals surface area contributed by atoms with Crippen molar-refractivity contribution in [3.63, 3.8) is 0 Å². The highest BCUT2D eigenvalue weighted by molar-refractivity contribution is 9.11. The zero-order valence-electron chi connectivity index (χ0n) is 9.80. The van der Waals surface area contributed by atoms with Gasteiger partial charge in [0.15, 0.2) is 0 Å². The van der Waals surface area contributed by atoms with Crippen LogP contribution in [0.4, 0.5) is 0 Å². The fraction of sp³-hybridized carbons (Fsp3) is 0.769. The average Bonchev–Trinajstić information content (AvgIpc) is 2.54. The molecule has 2 nitrogen and oxygen atoms in total. The van der Waals surface area contributed by atoms with Crippen molar-refractivity contribution in [2.24, 2.45) is 0 Å². The van der Waals surface area contributed by atoms with Crippen LogP contribution < -0.4 is 0 Å². The van der Waals surface area contributed by atoms with Crippen LogP contribution in [0.5, 0.6) is 0 Å². The molecule has 0 spiro atoms. The summed E-state index contributed by atoms with van der Waals surface area (Å²) in [6, 6.07) is 0. The van der Waals surface area contributed by atoms with Gasteiger partial charge in [0.2, 0.25) is 0 Å². The Labute approximate surface area is 106 Å². The largest absolute Gasteiger partial charge is 0.339 e. The third kappa shape index (κ3) is 2.88. The summed E-state index contributed by atoms with van der Waals surface area (Å²) in [6.45, 7) is 1.92. The summed E-state index contributed by atoms with van der Waals surface area (Å²) in [4.78, 5) is 14.4. The maximum absolute atomic E-state index is 12.4. The number of hydrogen-bond donors (Lipinski definition) is 0. The molecule has 1 fully saturated rings. The van der Waals surface area contributed by atoms with E-state index < -0.39 is 0 Å². The van der Waals surface area contributed by atoms with E-state index in [4.69, 9.17) is 0 Å². The van der Waals surface area contributed by atoms with Crippen molar-refractivity contribution in [1.29, 1.82) is 0 Å². The number of carbonyl (C=O) groups excluding carboxylic acids is 1. The molecular weight excluding hydrogens is 266 g/mol. The first-order valence-electron chi connectivity index (χ1n) is 6.46.